The molecule has 0 saturated carbocycles. The van der Waals surface area contributed by atoms with E-state index in [0.717, 1.165) is 48.7 Å². The molecule has 4 nitrogen and oxygen atoms in total. The number of carbonyl (C=O) groups is 1. The summed E-state index contributed by atoms with van der Waals surface area (Å²) in [4.78, 5) is 15.6. The van der Waals surface area contributed by atoms with E-state index < -0.39 is 0 Å². The van der Waals surface area contributed by atoms with Crippen molar-refractivity contribution in [2.75, 3.05) is 19.6 Å². The molecule has 4 heteroatoms. The molecule has 146 valence electrons. The number of carbonyl (C=O) groups excluding carboxylic acids is 1. The van der Waals surface area contributed by atoms with Crippen LogP contribution in [0.4, 0.5) is 0 Å². The Balaban J connectivity index is 1.27. The summed E-state index contributed by atoms with van der Waals surface area (Å²) in [6, 6.07) is 24.3. The summed E-state index contributed by atoms with van der Waals surface area (Å²) in [5.74, 6) is 1.22. The fraction of sp³-hybridized carbons (Fsp3) is 0.240. The summed E-state index contributed by atoms with van der Waals surface area (Å²) in [5, 5.41) is 3.17. The average molecular weight is 384 g/mol. The van der Waals surface area contributed by atoms with Gasteiger partial charge in [-0.25, -0.2) is 0 Å². The first-order valence-corrected chi connectivity index (χ1v) is 10.2. The normalized spacial score (nSPS) is 15.6. The fourth-order valence-corrected chi connectivity index (χ4v) is 4.38. The first-order chi connectivity index (χ1) is 14.3. The maximum atomic E-state index is 13.2. The van der Waals surface area contributed by atoms with E-state index >= 15 is 0 Å². The lowest BCUT2D eigenvalue weighted by molar-refractivity contribution is -0.121. The summed E-state index contributed by atoms with van der Waals surface area (Å²) in [7, 11) is 0. The molecule has 1 N–H and O–H groups in total. The SMILES string of the molecule is O=C(NCCN1CCc2ccccc2C1)C1c2ccccc2Oc2ccccc21. The molecule has 0 saturated heterocycles. The van der Waals surface area contributed by atoms with Crippen LogP contribution < -0.4 is 10.1 Å². The molecule has 3 aromatic rings. The van der Waals surface area contributed by atoms with E-state index in [1.165, 1.54) is 11.1 Å². The molecule has 0 unspecified atom stereocenters. The number of nitrogens with one attached hydrogen (secondary N) is 1. The molecule has 0 bridgehead atoms. The number of hydrogen-bond acceptors (Lipinski definition) is 3. The molecule has 2 aliphatic rings. The van der Waals surface area contributed by atoms with Crippen molar-refractivity contribution in [3.8, 4) is 11.5 Å². The van der Waals surface area contributed by atoms with Crippen LogP contribution in [-0.2, 0) is 17.8 Å². The van der Waals surface area contributed by atoms with Crippen LogP contribution >= 0.6 is 0 Å². The number of rotatable bonds is 4. The van der Waals surface area contributed by atoms with Gasteiger partial charge in [-0.15, -0.1) is 0 Å². The maximum Gasteiger partial charge on any atom is 0.232 e. The van der Waals surface area contributed by atoms with Gasteiger partial charge in [0.05, 0.1) is 5.92 Å². The monoisotopic (exact) mass is 384 g/mol. The Morgan fingerprint density at radius 2 is 1.52 bits per heavy atom. The molecule has 29 heavy (non-hydrogen) atoms. The predicted octanol–water partition coefficient (Wildman–Crippen LogP) is 4.10. The summed E-state index contributed by atoms with van der Waals surface area (Å²) < 4.78 is 6.00. The second-order valence-corrected chi connectivity index (χ2v) is 7.70. The van der Waals surface area contributed by atoms with Crippen LogP contribution in [0.3, 0.4) is 0 Å². The fourth-order valence-electron chi connectivity index (χ4n) is 4.38. The van der Waals surface area contributed by atoms with Crippen molar-refractivity contribution in [3.05, 3.63) is 95.1 Å². The van der Waals surface area contributed by atoms with Crippen molar-refractivity contribution in [2.45, 2.75) is 18.9 Å². The van der Waals surface area contributed by atoms with Gasteiger partial charge in [-0.05, 0) is 29.7 Å². The molecular formula is C25H24N2O2. The van der Waals surface area contributed by atoms with Crippen molar-refractivity contribution < 1.29 is 9.53 Å². The number of para-hydroxylation sites is 2. The van der Waals surface area contributed by atoms with E-state index in [0.29, 0.717) is 6.54 Å². The molecule has 0 atom stereocenters. The van der Waals surface area contributed by atoms with Crippen molar-refractivity contribution in [2.24, 2.45) is 0 Å². The Morgan fingerprint density at radius 3 is 2.24 bits per heavy atom. The van der Waals surface area contributed by atoms with Gasteiger partial charge >= 0.3 is 0 Å². The quantitative estimate of drug-likeness (QED) is 0.736. The van der Waals surface area contributed by atoms with Crippen LogP contribution in [0.2, 0.25) is 0 Å². The van der Waals surface area contributed by atoms with Gasteiger partial charge < -0.3 is 10.1 Å². The smallest absolute Gasteiger partial charge is 0.232 e. The second-order valence-electron chi connectivity index (χ2n) is 7.70. The predicted molar refractivity (Wildman–Crippen MR) is 113 cm³/mol. The number of ether oxygens (including phenoxy) is 1. The Labute approximate surface area is 171 Å². The van der Waals surface area contributed by atoms with Crippen LogP contribution in [0.1, 0.15) is 28.2 Å². The van der Waals surface area contributed by atoms with Crippen LogP contribution in [0.25, 0.3) is 0 Å². The zero-order valence-corrected chi connectivity index (χ0v) is 16.3. The van der Waals surface area contributed by atoms with E-state index in [-0.39, 0.29) is 11.8 Å². The molecule has 1 amide bonds. The Hall–Kier alpha value is -3.11. The number of amides is 1. The van der Waals surface area contributed by atoms with Gasteiger partial charge in [0.2, 0.25) is 5.91 Å². The van der Waals surface area contributed by atoms with E-state index in [1.807, 2.05) is 48.5 Å². The third-order valence-electron chi connectivity index (χ3n) is 5.88. The molecule has 3 aromatic carbocycles. The summed E-state index contributed by atoms with van der Waals surface area (Å²) >= 11 is 0. The van der Waals surface area contributed by atoms with Gasteiger partial charge in [-0.3, -0.25) is 9.69 Å². The Bertz CT molecular complexity index is 1000. The summed E-state index contributed by atoms with van der Waals surface area (Å²) in [6.07, 6.45) is 1.07. The summed E-state index contributed by atoms with van der Waals surface area (Å²) in [5.41, 5.74) is 4.70. The lowest BCUT2D eigenvalue weighted by Crippen LogP contribution is -2.39. The molecule has 0 aromatic heterocycles. The van der Waals surface area contributed by atoms with Gasteiger partial charge in [-0.1, -0.05) is 60.7 Å². The lowest BCUT2D eigenvalue weighted by Gasteiger charge is -2.30. The van der Waals surface area contributed by atoms with E-state index in [1.54, 1.807) is 0 Å². The van der Waals surface area contributed by atoms with Crippen LogP contribution in [0, 0.1) is 0 Å². The maximum absolute atomic E-state index is 13.2. The number of fused-ring (bicyclic) bond motifs is 3. The highest BCUT2D eigenvalue weighted by atomic mass is 16.5. The first kappa shape index (κ1) is 18.0. The highest BCUT2D eigenvalue weighted by molar-refractivity contribution is 5.89. The minimum Gasteiger partial charge on any atom is -0.457 e. The van der Waals surface area contributed by atoms with Crippen LogP contribution in [0.15, 0.2) is 72.8 Å². The minimum absolute atomic E-state index is 0.0330. The van der Waals surface area contributed by atoms with E-state index in [4.69, 9.17) is 4.74 Å². The van der Waals surface area contributed by atoms with Crippen molar-refractivity contribution in [3.63, 3.8) is 0 Å². The highest BCUT2D eigenvalue weighted by Gasteiger charge is 2.32. The molecule has 2 aliphatic heterocycles. The molecular weight excluding hydrogens is 360 g/mol. The van der Waals surface area contributed by atoms with E-state index in [9.17, 15) is 4.79 Å². The molecule has 0 aliphatic carbocycles. The molecule has 0 spiro atoms. The second kappa shape index (κ2) is 7.72. The molecule has 2 heterocycles. The Morgan fingerprint density at radius 1 is 0.897 bits per heavy atom. The topological polar surface area (TPSA) is 41.6 Å². The number of hydrogen-bond donors (Lipinski definition) is 1. The highest BCUT2D eigenvalue weighted by Crippen LogP contribution is 2.43. The van der Waals surface area contributed by atoms with E-state index in [2.05, 4.69) is 34.5 Å². The van der Waals surface area contributed by atoms with Crippen LogP contribution in [-0.4, -0.2) is 30.4 Å². The van der Waals surface area contributed by atoms with Crippen molar-refractivity contribution in [1.82, 2.24) is 10.2 Å². The van der Waals surface area contributed by atoms with Crippen LogP contribution in [0.5, 0.6) is 11.5 Å². The minimum atomic E-state index is -0.335. The van der Waals surface area contributed by atoms with Gasteiger partial charge in [0, 0.05) is 37.3 Å². The molecule has 0 radical (unpaired) electrons. The zero-order chi connectivity index (χ0) is 19.6. The van der Waals surface area contributed by atoms with Crippen molar-refractivity contribution in [1.29, 1.82) is 0 Å². The molecule has 5 rings (SSSR count). The third-order valence-corrected chi connectivity index (χ3v) is 5.88. The average Bonchev–Trinajstić information content (AvgIpc) is 2.77. The van der Waals surface area contributed by atoms with Gasteiger partial charge in [-0.2, -0.15) is 0 Å². The zero-order valence-electron chi connectivity index (χ0n) is 16.3. The van der Waals surface area contributed by atoms with Gasteiger partial charge in [0.15, 0.2) is 0 Å². The number of benzene rings is 3. The lowest BCUT2D eigenvalue weighted by atomic mass is 9.87. The van der Waals surface area contributed by atoms with Gasteiger partial charge in [0.25, 0.3) is 0 Å². The van der Waals surface area contributed by atoms with Crippen molar-refractivity contribution >= 4 is 5.91 Å². The first-order valence-electron chi connectivity index (χ1n) is 10.2. The molecule has 0 fully saturated rings. The number of nitrogens with zero attached hydrogens (tertiary/aromatic N) is 1. The largest absolute Gasteiger partial charge is 0.457 e. The third kappa shape index (κ3) is 3.52. The van der Waals surface area contributed by atoms with Gasteiger partial charge in [0.1, 0.15) is 11.5 Å². The standard InChI is InChI=1S/C25H24N2O2/c28-25(26-14-16-27-15-13-18-7-1-2-8-19(18)17-27)24-20-9-3-5-11-22(20)29-23-12-6-4-10-21(23)24/h1-12,24H,13-17H2,(H,26,28). The summed E-state index contributed by atoms with van der Waals surface area (Å²) in [6.45, 7) is 3.49. The Kier molecular flexibility index (Phi) is 4.78.